The smallest absolute Gasteiger partial charge is 0.343 e. The van der Waals surface area contributed by atoms with Gasteiger partial charge in [0.1, 0.15) is 5.75 Å². The normalized spacial score (nSPS) is 10.4. The summed E-state index contributed by atoms with van der Waals surface area (Å²) in [6, 6.07) is 15.2. The number of benzene rings is 2. The van der Waals surface area contributed by atoms with Gasteiger partial charge in [-0.25, -0.2) is 4.79 Å². The van der Waals surface area contributed by atoms with Crippen LogP contribution in [-0.2, 0) is 0 Å². The largest absolute Gasteiger partial charge is 0.423 e. The summed E-state index contributed by atoms with van der Waals surface area (Å²) in [6.07, 6.45) is 3.18. The molecule has 0 aliphatic carbocycles. The summed E-state index contributed by atoms with van der Waals surface area (Å²) < 4.78 is 5.23. The Bertz CT molecular complexity index is 625. The van der Waals surface area contributed by atoms with Crippen LogP contribution in [-0.4, -0.2) is 11.8 Å². The summed E-state index contributed by atoms with van der Waals surface area (Å²) in [5.74, 6) is -0.0811. The maximum absolute atomic E-state index is 11.8. The Kier molecular flexibility index (Phi) is 4.45. The zero-order valence-corrected chi connectivity index (χ0v) is 11.1. The zero-order valence-electron chi connectivity index (χ0n) is 11.1. The van der Waals surface area contributed by atoms with Gasteiger partial charge in [0.05, 0.1) is 5.56 Å². The van der Waals surface area contributed by atoms with Crippen molar-refractivity contribution in [1.29, 1.82) is 0 Å². The first-order valence-corrected chi connectivity index (χ1v) is 6.25. The molecule has 0 amide bonds. The van der Waals surface area contributed by atoms with Gasteiger partial charge in [-0.3, -0.25) is 4.79 Å². The number of ketones is 1. The fourth-order valence-corrected chi connectivity index (χ4v) is 1.68. The van der Waals surface area contributed by atoms with Crippen LogP contribution in [0.15, 0.2) is 66.7 Å². The lowest BCUT2D eigenvalue weighted by Crippen LogP contribution is -2.08. The van der Waals surface area contributed by atoms with E-state index in [0.717, 1.165) is 0 Å². The molecule has 20 heavy (non-hydrogen) atoms. The molecule has 0 aliphatic heterocycles. The second kappa shape index (κ2) is 6.48. The summed E-state index contributed by atoms with van der Waals surface area (Å²) in [5, 5.41) is 0. The van der Waals surface area contributed by atoms with Crippen molar-refractivity contribution in [3.63, 3.8) is 0 Å². The molecule has 3 heteroatoms. The van der Waals surface area contributed by atoms with Crippen LogP contribution in [0.25, 0.3) is 0 Å². The van der Waals surface area contributed by atoms with E-state index in [1.807, 2.05) is 6.07 Å². The van der Waals surface area contributed by atoms with Gasteiger partial charge in [-0.05, 0) is 49.4 Å². The highest BCUT2D eigenvalue weighted by Crippen LogP contribution is 2.15. The Hall–Kier alpha value is -2.68. The fourth-order valence-electron chi connectivity index (χ4n) is 1.68. The summed E-state index contributed by atoms with van der Waals surface area (Å²) in [5.41, 5.74) is 1.05. The molecule has 0 radical (unpaired) electrons. The molecule has 0 atom stereocenters. The van der Waals surface area contributed by atoms with Crippen molar-refractivity contribution < 1.29 is 14.3 Å². The maximum Gasteiger partial charge on any atom is 0.343 e. The summed E-state index contributed by atoms with van der Waals surface area (Å²) >= 11 is 0. The highest BCUT2D eigenvalue weighted by atomic mass is 16.5. The molecule has 2 rings (SSSR count). The molecule has 0 heterocycles. The number of carbonyl (C=O) groups is 2. The first-order valence-electron chi connectivity index (χ1n) is 6.25. The zero-order chi connectivity index (χ0) is 14.4. The van der Waals surface area contributed by atoms with Gasteiger partial charge in [0, 0.05) is 5.56 Å². The molecule has 0 saturated carbocycles. The molecule has 100 valence electrons. The summed E-state index contributed by atoms with van der Waals surface area (Å²) in [4.78, 5) is 23.4. The van der Waals surface area contributed by atoms with Crippen molar-refractivity contribution in [3.05, 3.63) is 77.9 Å². The van der Waals surface area contributed by atoms with Gasteiger partial charge >= 0.3 is 5.97 Å². The second-order valence-corrected chi connectivity index (χ2v) is 4.14. The van der Waals surface area contributed by atoms with Crippen LogP contribution < -0.4 is 4.74 Å². The molecule has 3 nitrogen and oxygen atoms in total. The first kappa shape index (κ1) is 13.7. The minimum Gasteiger partial charge on any atom is -0.423 e. The van der Waals surface area contributed by atoms with Crippen molar-refractivity contribution in [3.8, 4) is 5.75 Å². The average Bonchev–Trinajstić information content (AvgIpc) is 2.49. The Morgan fingerprint density at radius 3 is 2.15 bits per heavy atom. The number of carbonyl (C=O) groups excluding carboxylic acids is 2. The minimum absolute atomic E-state index is 0.0755. The van der Waals surface area contributed by atoms with Gasteiger partial charge in [-0.15, -0.1) is 0 Å². The molecule has 0 aromatic heterocycles. The molecule has 0 unspecified atom stereocenters. The number of rotatable bonds is 4. The third-order valence-corrected chi connectivity index (χ3v) is 2.68. The molecule has 2 aromatic carbocycles. The SMILES string of the molecule is CC=CC(=O)c1ccc(OC(=O)c2ccccc2)cc1. The van der Waals surface area contributed by atoms with Gasteiger partial charge in [0.25, 0.3) is 0 Å². The van der Waals surface area contributed by atoms with E-state index in [1.54, 1.807) is 61.5 Å². The van der Waals surface area contributed by atoms with Crippen LogP contribution in [0.4, 0.5) is 0 Å². The lowest BCUT2D eigenvalue weighted by molar-refractivity contribution is 0.0734. The highest BCUT2D eigenvalue weighted by Gasteiger charge is 2.08. The van der Waals surface area contributed by atoms with Crippen LogP contribution in [0.5, 0.6) is 5.75 Å². The van der Waals surface area contributed by atoms with Gasteiger partial charge in [0.15, 0.2) is 5.78 Å². The molecular formula is C17H14O3. The molecule has 0 bridgehead atoms. The Labute approximate surface area is 117 Å². The van der Waals surface area contributed by atoms with E-state index in [-0.39, 0.29) is 5.78 Å². The Morgan fingerprint density at radius 2 is 1.55 bits per heavy atom. The molecule has 0 N–H and O–H groups in total. The third kappa shape index (κ3) is 3.42. The monoisotopic (exact) mass is 266 g/mol. The van der Waals surface area contributed by atoms with Gasteiger partial charge < -0.3 is 4.74 Å². The predicted octanol–water partition coefficient (Wildman–Crippen LogP) is 3.66. The number of allylic oxidation sites excluding steroid dienone is 2. The maximum atomic E-state index is 11.8. The van der Waals surface area contributed by atoms with Gasteiger partial charge in [0.2, 0.25) is 0 Å². The molecule has 2 aromatic rings. The quantitative estimate of drug-likeness (QED) is 0.367. The minimum atomic E-state index is -0.418. The average molecular weight is 266 g/mol. The van der Waals surface area contributed by atoms with Crippen molar-refractivity contribution in [1.82, 2.24) is 0 Å². The van der Waals surface area contributed by atoms with E-state index in [4.69, 9.17) is 4.74 Å². The molecular weight excluding hydrogens is 252 g/mol. The summed E-state index contributed by atoms with van der Waals surface area (Å²) in [6.45, 7) is 1.79. The third-order valence-electron chi connectivity index (χ3n) is 2.68. The number of esters is 1. The van der Waals surface area contributed by atoms with E-state index >= 15 is 0 Å². The van der Waals surface area contributed by atoms with Crippen LogP contribution in [0.3, 0.4) is 0 Å². The first-order chi connectivity index (χ1) is 9.70. The van der Waals surface area contributed by atoms with Crippen LogP contribution in [0.1, 0.15) is 27.6 Å². The van der Waals surface area contributed by atoms with E-state index in [0.29, 0.717) is 16.9 Å². The van der Waals surface area contributed by atoms with Crippen molar-refractivity contribution in [2.75, 3.05) is 0 Å². The molecule has 0 saturated heterocycles. The predicted molar refractivity (Wildman–Crippen MR) is 77.0 cm³/mol. The van der Waals surface area contributed by atoms with Gasteiger partial charge in [-0.1, -0.05) is 24.3 Å². The molecule has 0 aliphatic rings. The van der Waals surface area contributed by atoms with Crippen LogP contribution in [0.2, 0.25) is 0 Å². The topological polar surface area (TPSA) is 43.4 Å². The van der Waals surface area contributed by atoms with Crippen molar-refractivity contribution in [2.45, 2.75) is 6.92 Å². The Balaban J connectivity index is 2.08. The van der Waals surface area contributed by atoms with Crippen molar-refractivity contribution >= 4 is 11.8 Å². The fraction of sp³-hybridized carbons (Fsp3) is 0.0588. The number of hydrogen-bond donors (Lipinski definition) is 0. The standard InChI is InChI=1S/C17H14O3/c1-2-6-16(18)13-9-11-15(12-10-13)20-17(19)14-7-4-3-5-8-14/h2-12H,1H3. The molecule has 0 fully saturated rings. The van der Waals surface area contributed by atoms with E-state index in [9.17, 15) is 9.59 Å². The van der Waals surface area contributed by atoms with Crippen molar-refractivity contribution in [2.24, 2.45) is 0 Å². The number of ether oxygens (including phenoxy) is 1. The van der Waals surface area contributed by atoms with E-state index in [1.165, 1.54) is 6.08 Å². The van der Waals surface area contributed by atoms with Gasteiger partial charge in [-0.2, -0.15) is 0 Å². The second-order valence-electron chi connectivity index (χ2n) is 4.14. The van der Waals surface area contributed by atoms with Crippen LogP contribution >= 0.6 is 0 Å². The number of hydrogen-bond acceptors (Lipinski definition) is 3. The highest BCUT2D eigenvalue weighted by molar-refractivity contribution is 6.04. The Morgan fingerprint density at radius 1 is 0.900 bits per heavy atom. The summed E-state index contributed by atoms with van der Waals surface area (Å²) in [7, 11) is 0. The lowest BCUT2D eigenvalue weighted by atomic mass is 10.1. The molecule has 0 spiro atoms. The van der Waals surface area contributed by atoms with E-state index in [2.05, 4.69) is 0 Å². The van der Waals surface area contributed by atoms with E-state index < -0.39 is 5.97 Å². The van der Waals surface area contributed by atoms with Crippen LogP contribution in [0, 0.1) is 0 Å². The lowest BCUT2D eigenvalue weighted by Gasteiger charge is -2.04.